The van der Waals surface area contributed by atoms with Crippen molar-refractivity contribution in [2.75, 3.05) is 18.4 Å². The lowest BCUT2D eigenvalue weighted by atomic mass is 10.1. The van der Waals surface area contributed by atoms with E-state index < -0.39 is 0 Å². The minimum Gasteiger partial charge on any atom is -0.363 e. The Morgan fingerprint density at radius 1 is 1.27 bits per heavy atom. The van der Waals surface area contributed by atoms with Gasteiger partial charge >= 0.3 is 0 Å². The van der Waals surface area contributed by atoms with Crippen molar-refractivity contribution >= 4 is 34.0 Å². The van der Waals surface area contributed by atoms with Gasteiger partial charge in [-0.25, -0.2) is 9.97 Å². The number of halogens is 1. The molecule has 6 nitrogen and oxygen atoms in total. The van der Waals surface area contributed by atoms with E-state index >= 15 is 0 Å². The highest BCUT2D eigenvalue weighted by molar-refractivity contribution is 6.32. The van der Waals surface area contributed by atoms with Gasteiger partial charge in [0.1, 0.15) is 10.8 Å². The average Bonchev–Trinajstić information content (AvgIpc) is 3.32. The second kappa shape index (κ2) is 6.30. The van der Waals surface area contributed by atoms with Gasteiger partial charge < -0.3 is 15.6 Å². The first kappa shape index (κ1) is 15.7. The van der Waals surface area contributed by atoms with Crippen LogP contribution in [0.5, 0.6) is 0 Å². The lowest BCUT2D eigenvalue weighted by Crippen LogP contribution is -2.38. The predicted molar refractivity (Wildman–Crippen MR) is 105 cm³/mol. The molecule has 4 heterocycles. The van der Waals surface area contributed by atoms with Crippen LogP contribution < -0.4 is 10.6 Å². The van der Waals surface area contributed by atoms with Crippen LogP contribution in [0.1, 0.15) is 12.8 Å². The lowest BCUT2D eigenvalue weighted by molar-refractivity contribution is 0.479. The van der Waals surface area contributed by atoms with Gasteiger partial charge in [0.2, 0.25) is 0 Å². The number of aromatic amines is 1. The van der Waals surface area contributed by atoms with E-state index in [4.69, 9.17) is 16.6 Å². The normalized spacial score (nSPS) is 17.8. The van der Waals surface area contributed by atoms with E-state index in [9.17, 15) is 0 Å². The summed E-state index contributed by atoms with van der Waals surface area (Å²) in [6.07, 6.45) is 7.87. The third kappa shape index (κ3) is 2.53. The molecule has 3 N–H and O–H groups in total. The molecule has 26 heavy (non-hydrogen) atoms. The molecule has 1 fully saturated rings. The van der Waals surface area contributed by atoms with Crippen molar-refractivity contribution in [2.45, 2.75) is 18.9 Å². The van der Waals surface area contributed by atoms with E-state index in [1.54, 1.807) is 6.20 Å². The largest absolute Gasteiger partial charge is 0.363 e. The fourth-order valence-electron chi connectivity index (χ4n) is 3.66. The average molecular weight is 367 g/mol. The quantitative estimate of drug-likeness (QED) is 0.517. The van der Waals surface area contributed by atoms with Crippen LogP contribution in [0.3, 0.4) is 0 Å². The Hall–Kier alpha value is -2.57. The van der Waals surface area contributed by atoms with Crippen molar-refractivity contribution < 1.29 is 0 Å². The van der Waals surface area contributed by atoms with Gasteiger partial charge in [-0.2, -0.15) is 0 Å². The number of aromatic nitrogens is 4. The third-order valence-electron chi connectivity index (χ3n) is 4.97. The molecule has 7 heteroatoms. The van der Waals surface area contributed by atoms with Crippen LogP contribution in [0.15, 0.2) is 42.9 Å². The molecule has 0 aliphatic carbocycles. The number of rotatable bonds is 3. The Bertz CT molecular complexity index is 1080. The van der Waals surface area contributed by atoms with Crippen LogP contribution in [0.4, 0.5) is 5.82 Å². The van der Waals surface area contributed by atoms with Gasteiger partial charge in [-0.05, 0) is 25.5 Å². The monoisotopic (exact) mass is 366 g/mol. The Kier molecular flexibility index (Phi) is 3.80. The number of piperidine rings is 1. The van der Waals surface area contributed by atoms with E-state index in [0.29, 0.717) is 11.2 Å². The second-order valence-corrected chi connectivity index (χ2v) is 7.01. The van der Waals surface area contributed by atoms with Crippen molar-refractivity contribution in [2.24, 2.45) is 0 Å². The summed E-state index contributed by atoms with van der Waals surface area (Å²) in [5.41, 5.74) is 3.56. The highest BCUT2D eigenvalue weighted by atomic mass is 35.5. The van der Waals surface area contributed by atoms with E-state index in [2.05, 4.69) is 32.7 Å². The molecule has 3 aromatic heterocycles. The maximum atomic E-state index is 6.70. The van der Waals surface area contributed by atoms with Gasteiger partial charge in [0.15, 0.2) is 11.5 Å². The Morgan fingerprint density at radius 2 is 2.19 bits per heavy atom. The molecule has 0 unspecified atom stereocenters. The van der Waals surface area contributed by atoms with Crippen molar-refractivity contribution in [1.82, 2.24) is 24.7 Å². The summed E-state index contributed by atoms with van der Waals surface area (Å²) >= 11 is 6.70. The van der Waals surface area contributed by atoms with Crippen LogP contribution in [0.2, 0.25) is 5.15 Å². The van der Waals surface area contributed by atoms with Crippen LogP contribution in [0.25, 0.3) is 27.8 Å². The summed E-state index contributed by atoms with van der Waals surface area (Å²) in [5, 5.41) is 8.66. The first-order valence-corrected chi connectivity index (χ1v) is 9.25. The van der Waals surface area contributed by atoms with Gasteiger partial charge in [0.05, 0.1) is 0 Å². The molecule has 1 aliphatic rings. The summed E-state index contributed by atoms with van der Waals surface area (Å²) in [4.78, 5) is 12.6. The predicted octanol–water partition coefficient (Wildman–Crippen LogP) is 3.69. The number of nitrogens with zero attached hydrogens (tertiary/aromatic N) is 3. The highest BCUT2D eigenvalue weighted by Crippen LogP contribution is 2.34. The van der Waals surface area contributed by atoms with E-state index in [-0.39, 0.29) is 0 Å². The standard InChI is InChI=1S/C19H19ClN6/c20-17-16(14-11-23-15-6-2-1-5-13(14)15)25-18(19-22-8-9-26(17)19)24-12-4-3-7-21-10-12/h1-2,5-6,8-9,11-12,21,23H,3-4,7,10H2,(H,24,25)/t12-/m1/s1. The topological polar surface area (TPSA) is 70.0 Å². The van der Waals surface area contributed by atoms with Gasteiger partial charge in [-0.15, -0.1) is 0 Å². The maximum absolute atomic E-state index is 6.70. The Balaban J connectivity index is 1.66. The highest BCUT2D eigenvalue weighted by Gasteiger charge is 2.20. The molecule has 0 amide bonds. The van der Waals surface area contributed by atoms with Crippen molar-refractivity contribution in [1.29, 1.82) is 0 Å². The number of hydrogen-bond donors (Lipinski definition) is 3. The fraction of sp³-hybridized carbons (Fsp3) is 0.263. The van der Waals surface area contributed by atoms with Gasteiger partial charge in [0.25, 0.3) is 0 Å². The van der Waals surface area contributed by atoms with Gasteiger partial charge in [-0.3, -0.25) is 4.40 Å². The molecule has 4 aromatic rings. The Morgan fingerprint density at radius 3 is 3.08 bits per heavy atom. The van der Waals surface area contributed by atoms with Crippen LogP contribution >= 0.6 is 11.6 Å². The van der Waals surface area contributed by atoms with Crippen molar-refractivity contribution in [3.63, 3.8) is 0 Å². The third-order valence-corrected chi connectivity index (χ3v) is 5.33. The minimum absolute atomic E-state index is 0.341. The van der Waals surface area contributed by atoms with Gasteiger partial charge in [-0.1, -0.05) is 29.8 Å². The molecule has 5 rings (SSSR count). The summed E-state index contributed by atoms with van der Waals surface area (Å²) < 4.78 is 1.89. The Labute approximate surface area is 155 Å². The first-order chi connectivity index (χ1) is 12.8. The number of anilines is 1. The molecule has 0 saturated carbocycles. The summed E-state index contributed by atoms with van der Waals surface area (Å²) in [6.45, 7) is 2.01. The summed E-state index contributed by atoms with van der Waals surface area (Å²) in [6, 6.07) is 8.51. The molecule has 1 aliphatic heterocycles. The zero-order chi connectivity index (χ0) is 17.5. The van der Waals surface area contributed by atoms with Crippen LogP contribution in [-0.2, 0) is 0 Å². The molecular formula is C19H19ClN6. The number of imidazole rings is 1. The molecule has 0 radical (unpaired) electrons. The van der Waals surface area contributed by atoms with E-state index in [1.165, 1.54) is 0 Å². The molecule has 1 saturated heterocycles. The number of H-pyrrole nitrogens is 1. The number of benzene rings is 1. The zero-order valence-corrected chi connectivity index (χ0v) is 14.9. The smallest absolute Gasteiger partial charge is 0.181 e. The van der Waals surface area contributed by atoms with Crippen molar-refractivity contribution in [3.8, 4) is 11.3 Å². The summed E-state index contributed by atoms with van der Waals surface area (Å²) in [5.74, 6) is 0.772. The van der Waals surface area contributed by atoms with E-state index in [1.807, 2.05) is 28.9 Å². The van der Waals surface area contributed by atoms with E-state index in [0.717, 1.165) is 59.6 Å². The molecule has 1 aromatic carbocycles. The molecular weight excluding hydrogens is 348 g/mol. The minimum atomic E-state index is 0.341. The molecule has 0 spiro atoms. The molecule has 0 bridgehead atoms. The lowest BCUT2D eigenvalue weighted by Gasteiger charge is -2.24. The number of fused-ring (bicyclic) bond motifs is 2. The number of nitrogens with one attached hydrogen (secondary N) is 3. The van der Waals surface area contributed by atoms with Crippen LogP contribution in [-0.4, -0.2) is 38.5 Å². The number of para-hydroxylation sites is 1. The first-order valence-electron chi connectivity index (χ1n) is 8.87. The van der Waals surface area contributed by atoms with Crippen LogP contribution in [0, 0.1) is 0 Å². The maximum Gasteiger partial charge on any atom is 0.181 e. The zero-order valence-electron chi connectivity index (χ0n) is 14.2. The SMILES string of the molecule is Clc1c(-c2c[nH]c3ccccc23)nc(N[C@@H]2CCCNC2)c2nccn12. The molecule has 1 atom stereocenters. The second-order valence-electron chi connectivity index (χ2n) is 6.66. The van der Waals surface area contributed by atoms with Crippen molar-refractivity contribution in [3.05, 3.63) is 48.0 Å². The summed E-state index contributed by atoms with van der Waals surface area (Å²) in [7, 11) is 0. The fourth-order valence-corrected chi connectivity index (χ4v) is 3.94. The molecule has 132 valence electrons. The van der Waals surface area contributed by atoms with Gasteiger partial charge in [0, 0.05) is 47.6 Å². The number of hydrogen-bond acceptors (Lipinski definition) is 4.